The minimum absolute atomic E-state index is 0.0213. The van der Waals surface area contributed by atoms with Gasteiger partial charge >= 0.3 is 0 Å². The van der Waals surface area contributed by atoms with Gasteiger partial charge in [-0.1, -0.05) is 11.3 Å². The van der Waals surface area contributed by atoms with E-state index in [1.54, 1.807) is 0 Å². The van der Waals surface area contributed by atoms with Crippen LogP contribution in [-0.4, -0.2) is 28.6 Å². The zero-order valence-electron chi connectivity index (χ0n) is 11.4. The van der Waals surface area contributed by atoms with Gasteiger partial charge in [0.05, 0.1) is 16.8 Å². The Morgan fingerprint density at radius 2 is 2.10 bits per heavy atom. The van der Waals surface area contributed by atoms with Crippen LogP contribution in [0.15, 0.2) is 18.2 Å². The molecule has 0 spiro atoms. The molecule has 0 fully saturated rings. The highest BCUT2D eigenvalue weighted by atomic mass is 32.1. The highest BCUT2D eigenvalue weighted by Crippen LogP contribution is 2.29. The first kappa shape index (κ1) is 15.2. The molecule has 0 aliphatic heterocycles. The number of aromatic nitrogens is 1. The van der Waals surface area contributed by atoms with Crippen LogP contribution in [0, 0.1) is 0 Å². The number of carbonyl (C=O) groups excluding carboxylic acids is 2. The summed E-state index contributed by atoms with van der Waals surface area (Å²) in [6.07, 6.45) is -0.103. The van der Waals surface area contributed by atoms with Gasteiger partial charge in [0.25, 0.3) is 0 Å². The Morgan fingerprint density at radius 3 is 2.81 bits per heavy atom. The van der Waals surface area contributed by atoms with Gasteiger partial charge in [-0.05, 0) is 25.1 Å². The maximum atomic E-state index is 11.6. The molecule has 2 aromatic rings. The van der Waals surface area contributed by atoms with E-state index in [1.165, 1.54) is 16.8 Å². The highest BCUT2D eigenvalue weighted by molar-refractivity contribution is 7.22. The number of carbonyl (C=O) groups is 2. The van der Waals surface area contributed by atoms with Crippen LogP contribution in [0.5, 0.6) is 5.75 Å². The molecule has 3 N–H and O–H groups in total. The van der Waals surface area contributed by atoms with E-state index in [4.69, 9.17) is 9.94 Å². The van der Waals surface area contributed by atoms with E-state index < -0.39 is 5.91 Å². The van der Waals surface area contributed by atoms with Crippen LogP contribution in [0.3, 0.4) is 0 Å². The molecule has 0 bridgehead atoms. The predicted octanol–water partition coefficient (Wildman–Crippen LogP) is 1.92. The van der Waals surface area contributed by atoms with Crippen molar-refractivity contribution in [2.24, 2.45) is 0 Å². The molecule has 1 aromatic carbocycles. The summed E-state index contributed by atoms with van der Waals surface area (Å²) >= 11 is 1.33. The highest BCUT2D eigenvalue weighted by Gasteiger charge is 2.10. The standard InChI is InChI=1S/C13H15N3O4S/c1-2-20-8-3-4-9-10(7-8)21-13(14-9)15-11(17)5-6-12(18)16-19/h3-4,7,19H,2,5-6H2,1H3,(H,16,18)(H,14,15,17). The number of rotatable bonds is 6. The van der Waals surface area contributed by atoms with Gasteiger partial charge in [-0.2, -0.15) is 0 Å². The Bertz CT molecular complexity index is 656. The van der Waals surface area contributed by atoms with E-state index in [2.05, 4.69) is 10.3 Å². The predicted molar refractivity (Wildman–Crippen MR) is 78.6 cm³/mol. The molecule has 21 heavy (non-hydrogen) atoms. The maximum absolute atomic E-state index is 11.6. The third-order valence-corrected chi connectivity index (χ3v) is 3.55. The molecule has 0 aliphatic rings. The normalized spacial score (nSPS) is 10.4. The fourth-order valence-electron chi connectivity index (χ4n) is 1.68. The van der Waals surface area contributed by atoms with Crippen molar-refractivity contribution in [3.8, 4) is 5.75 Å². The number of amides is 2. The van der Waals surface area contributed by atoms with Crippen LogP contribution >= 0.6 is 11.3 Å². The zero-order chi connectivity index (χ0) is 15.2. The van der Waals surface area contributed by atoms with Gasteiger partial charge in [-0.3, -0.25) is 14.8 Å². The summed E-state index contributed by atoms with van der Waals surface area (Å²) in [5.41, 5.74) is 2.25. The lowest BCUT2D eigenvalue weighted by molar-refractivity contribution is -0.131. The van der Waals surface area contributed by atoms with Crippen molar-refractivity contribution in [1.82, 2.24) is 10.5 Å². The summed E-state index contributed by atoms with van der Waals surface area (Å²) < 4.78 is 6.31. The average Bonchev–Trinajstić information content (AvgIpc) is 2.86. The molecule has 8 heteroatoms. The Hall–Kier alpha value is -2.19. The largest absolute Gasteiger partial charge is 0.494 e. The number of nitrogens with one attached hydrogen (secondary N) is 2. The van der Waals surface area contributed by atoms with E-state index in [-0.39, 0.29) is 18.7 Å². The average molecular weight is 309 g/mol. The van der Waals surface area contributed by atoms with Gasteiger partial charge in [-0.15, -0.1) is 0 Å². The summed E-state index contributed by atoms with van der Waals surface area (Å²) in [6.45, 7) is 2.49. The summed E-state index contributed by atoms with van der Waals surface area (Å²) in [4.78, 5) is 26.8. The van der Waals surface area contributed by atoms with Crippen molar-refractivity contribution in [3.63, 3.8) is 0 Å². The fraction of sp³-hybridized carbons (Fsp3) is 0.308. The topological polar surface area (TPSA) is 101 Å². The molecular formula is C13H15N3O4S. The Labute approximate surface area is 124 Å². The molecule has 0 saturated carbocycles. The number of thiazole rings is 1. The molecule has 2 rings (SSSR count). The van der Waals surface area contributed by atoms with E-state index >= 15 is 0 Å². The molecule has 1 aromatic heterocycles. The number of ether oxygens (including phenoxy) is 1. The van der Waals surface area contributed by atoms with Crippen molar-refractivity contribution in [1.29, 1.82) is 0 Å². The number of hydrogen-bond acceptors (Lipinski definition) is 6. The van der Waals surface area contributed by atoms with Gasteiger partial charge < -0.3 is 10.1 Å². The molecule has 1 heterocycles. The number of benzene rings is 1. The third kappa shape index (κ3) is 4.14. The van der Waals surface area contributed by atoms with Crippen molar-refractivity contribution in [2.75, 3.05) is 11.9 Å². The van der Waals surface area contributed by atoms with Gasteiger partial charge in [-0.25, -0.2) is 10.5 Å². The van der Waals surface area contributed by atoms with Gasteiger partial charge in [0.2, 0.25) is 11.8 Å². The lowest BCUT2D eigenvalue weighted by Gasteiger charge is -2.00. The molecule has 2 amide bonds. The van der Waals surface area contributed by atoms with Crippen LogP contribution in [0.2, 0.25) is 0 Å². The first-order valence-electron chi connectivity index (χ1n) is 6.38. The summed E-state index contributed by atoms with van der Waals surface area (Å²) in [5.74, 6) is -0.176. The number of hydroxylamine groups is 1. The smallest absolute Gasteiger partial charge is 0.243 e. The lowest BCUT2D eigenvalue weighted by atomic mass is 10.3. The summed E-state index contributed by atoms with van der Waals surface area (Å²) in [5, 5.41) is 11.4. The monoisotopic (exact) mass is 309 g/mol. The minimum atomic E-state index is -0.601. The Morgan fingerprint density at radius 1 is 1.33 bits per heavy atom. The van der Waals surface area contributed by atoms with Gasteiger partial charge in [0.1, 0.15) is 5.75 Å². The second kappa shape index (κ2) is 7.00. The number of hydrogen-bond donors (Lipinski definition) is 3. The van der Waals surface area contributed by atoms with Crippen molar-refractivity contribution >= 4 is 38.5 Å². The first-order valence-corrected chi connectivity index (χ1v) is 7.20. The van der Waals surface area contributed by atoms with Crippen molar-refractivity contribution < 1.29 is 19.5 Å². The molecule has 0 aliphatic carbocycles. The molecule has 0 saturated heterocycles. The van der Waals surface area contributed by atoms with Crippen LogP contribution in [0.25, 0.3) is 10.2 Å². The minimum Gasteiger partial charge on any atom is -0.494 e. The molecule has 0 unspecified atom stereocenters. The van der Waals surface area contributed by atoms with E-state index in [1.807, 2.05) is 25.1 Å². The third-order valence-electron chi connectivity index (χ3n) is 2.62. The quantitative estimate of drug-likeness (QED) is 0.559. The molecule has 0 atom stereocenters. The van der Waals surface area contributed by atoms with Crippen LogP contribution in [-0.2, 0) is 9.59 Å². The fourth-order valence-corrected chi connectivity index (χ4v) is 2.59. The number of nitrogens with zero attached hydrogens (tertiary/aromatic N) is 1. The molecule has 7 nitrogen and oxygen atoms in total. The SMILES string of the molecule is CCOc1ccc2nc(NC(=O)CCC(=O)NO)sc2c1. The number of anilines is 1. The maximum Gasteiger partial charge on any atom is 0.243 e. The molecule has 0 radical (unpaired) electrons. The molecular weight excluding hydrogens is 294 g/mol. The second-order valence-corrected chi connectivity index (χ2v) is 5.20. The van der Waals surface area contributed by atoms with E-state index in [0.717, 1.165) is 16.0 Å². The van der Waals surface area contributed by atoms with Crippen LogP contribution < -0.4 is 15.5 Å². The van der Waals surface area contributed by atoms with Crippen molar-refractivity contribution in [2.45, 2.75) is 19.8 Å². The number of fused-ring (bicyclic) bond motifs is 1. The Kier molecular flexibility index (Phi) is 5.07. The first-order chi connectivity index (χ1) is 10.1. The molecule has 112 valence electrons. The summed E-state index contributed by atoms with van der Waals surface area (Å²) in [6, 6.07) is 5.51. The van der Waals surface area contributed by atoms with Crippen LogP contribution in [0.1, 0.15) is 19.8 Å². The lowest BCUT2D eigenvalue weighted by Crippen LogP contribution is -2.21. The van der Waals surface area contributed by atoms with Gasteiger partial charge in [0.15, 0.2) is 5.13 Å². The summed E-state index contributed by atoms with van der Waals surface area (Å²) in [7, 11) is 0. The Balaban J connectivity index is 2.02. The zero-order valence-corrected chi connectivity index (χ0v) is 12.2. The van der Waals surface area contributed by atoms with Gasteiger partial charge in [0, 0.05) is 12.8 Å². The van der Waals surface area contributed by atoms with Crippen LogP contribution in [0.4, 0.5) is 5.13 Å². The van der Waals surface area contributed by atoms with E-state index in [0.29, 0.717) is 11.7 Å². The second-order valence-electron chi connectivity index (χ2n) is 4.16. The van der Waals surface area contributed by atoms with Crippen molar-refractivity contribution in [3.05, 3.63) is 18.2 Å². The van der Waals surface area contributed by atoms with E-state index in [9.17, 15) is 9.59 Å².